The van der Waals surface area contributed by atoms with Gasteiger partial charge in [-0.1, -0.05) is 42.5 Å². The van der Waals surface area contributed by atoms with Gasteiger partial charge in [-0.15, -0.1) is 0 Å². The third-order valence-corrected chi connectivity index (χ3v) is 4.78. The maximum absolute atomic E-state index is 12.5. The van der Waals surface area contributed by atoms with Gasteiger partial charge in [0.05, 0.1) is 16.3 Å². The maximum atomic E-state index is 12.5. The van der Waals surface area contributed by atoms with Gasteiger partial charge in [-0.2, -0.15) is 0 Å². The predicted octanol–water partition coefficient (Wildman–Crippen LogP) is 4.31. The Kier molecular flexibility index (Phi) is 5.11. The lowest BCUT2D eigenvalue weighted by molar-refractivity contribution is -0.385. The molecule has 7 heteroatoms. The fourth-order valence-corrected chi connectivity index (χ4v) is 3.46. The molecule has 0 bridgehead atoms. The zero-order valence-corrected chi connectivity index (χ0v) is 15.6. The molecule has 0 saturated carbocycles. The molecular formula is C22H19N3O4. The molecule has 29 heavy (non-hydrogen) atoms. The summed E-state index contributed by atoms with van der Waals surface area (Å²) in [4.78, 5) is 25.2. The van der Waals surface area contributed by atoms with Crippen LogP contribution in [-0.2, 0) is 11.2 Å². The summed E-state index contributed by atoms with van der Waals surface area (Å²) in [5, 5.41) is 13.9. The number of ether oxygens (including phenoxy) is 1. The Hall–Kier alpha value is -3.87. The quantitative estimate of drug-likeness (QED) is 0.502. The SMILES string of the molecule is O=C(COc1ccccc1[N+](=O)[O-])Nc1ccccc1N1CCc2ccccc21. The molecule has 0 aromatic heterocycles. The molecule has 0 spiro atoms. The van der Waals surface area contributed by atoms with Gasteiger partial charge < -0.3 is 15.0 Å². The van der Waals surface area contributed by atoms with Crippen molar-refractivity contribution in [3.8, 4) is 5.75 Å². The average Bonchev–Trinajstić information content (AvgIpc) is 3.17. The average molecular weight is 389 g/mol. The Balaban J connectivity index is 1.49. The van der Waals surface area contributed by atoms with Crippen LogP contribution in [0.5, 0.6) is 5.75 Å². The number of rotatable bonds is 6. The molecule has 1 N–H and O–H groups in total. The van der Waals surface area contributed by atoms with Crippen molar-refractivity contribution in [3.63, 3.8) is 0 Å². The van der Waals surface area contributed by atoms with Crippen molar-refractivity contribution in [2.24, 2.45) is 0 Å². The van der Waals surface area contributed by atoms with Crippen molar-refractivity contribution in [1.29, 1.82) is 0 Å². The van der Waals surface area contributed by atoms with E-state index >= 15 is 0 Å². The van der Waals surface area contributed by atoms with E-state index in [-0.39, 0.29) is 24.0 Å². The standard InChI is InChI=1S/C22H19N3O4/c26-22(15-29-21-12-6-5-11-20(21)25(27)28)23-17-8-2-4-10-19(17)24-14-13-16-7-1-3-9-18(16)24/h1-12H,13-15H2,(H,23,26). The third kappa shape index (κ3) is 3.89. The molecule has 3 aromatic rings. The topological polar surface area (TPSA) is 84.7 Å². The van der Waals surface area contributed by atoms with E-state index in [0.29, 0.717) is 5.69 Å². The van der Waals surface area contributed by atoms with Gasteiger partial charge in [0.2, 0.25) is 0 Å². The Bertz CT molecular complexity index is 1070. The Morgan fingerprint density at radius 1 is 1.00 bits per heavy atom. The third-order valence-electron chi connectivity index (χ3n) is 4.78. The summed E-state index contributed by atoms with van der Waals surface area (Å²) >= 11 is 0. The van der Waals surface area contributed by atoms with E-state index in [1.54, 1.807) is 12.1 Å². The number of amides is 1. The van der Waals surface area contributed by atoms with Gasteiger partial charge >= 0.3 is 5.69 Å². The lowest BCUT2D eigenvalue weighted by Crippen LogP contribution is -2.22. The molecule has 0 aliphatic carbocycles. The predicted molar refractivity (Wildman–Crippen MR) is 111 cm³/mol. The number of anilines is 3. The first-order chi connectivity index (χ1) is 14.1. The van der Waals surface area contributed by atoms with Crippen LogP contribution in [0.25, 0.3) is 0 Å². The number of fused-ring (bicyclic) bond motifs is 1. The van der Waals surface area contributed by atoms with E-state index < -0.39 is 4.92 Å². The zero-order chi connectivity index (χ0) is 20.2. The molecule has 4 rings (SSSR count). The molecule has 0 radical (unpaired) electrons. The molecule has 7 nitrogen and oxygen atoms in total. The molecular weight excluding hydrogens is 370 g/mol. The number of hydrogen-bond donors (Lipinski definition) is 1. The molecule has 1 aliphatic rings. The number of para-hydroxylation sites is 5. The summed E-state index contributed by atoms with van der Waals surface area (Å²) in [7, 11) is 0. The largest absolute Gasteiger partial charge is 0.477 e. The van der Waals surface area contributed by atoms with Gasteiger partial charge in [-0.3, -0.25) is 14.9 Å². The van der Waals surface area contributed by atoms with Gasteiger partial charge in [0.1, 0.15) is 0 Å². The molecule has 1 aliphatic heterocycles. The van der Waals surface area contributed by atoms with Gasteiger partial charge in [0, 0.05) is 18.3 Å². The van der Waals surface area contributed by atoms with E-state index in [1.807, 2.05) is 36.4 Å². The molecule has 0 saturated heterocycles. The second-order valence-corrected chi connectivity index (χ2v) is 6.61. The molecule has 146 valence electrons. The van der Waals surface area contributed by atoms with Crippen LogP contribution < -0.4 is 15.0 Å². The van der Waals surface area contributed by atoms with Gasteiger partial charge in [0.15, 0.2) is 12.4 Å². The fraction of sp³-hybridized carbons (Fsp3) is 0.136. The van der Waals surface area contributed by atoms with E-state index in [1.165, 1.54) is 17.7 Å². The van der Waals surface area contributed by atoms with Crippen LogP contribution in [0, 0.1) is 10.1 Å². The molecule has 0 unspecified atom stereocenters. The minimum Gasteiger partial charge on any atom is -0.477 e. The molecule has 0 atom stereocenters. The number of carbonyl (C=O) groups excluding carboxylic acids is 1. The minimum absolute atomic E-state index is 0.0643. The van der Waals surface area contributed by atoms with Gasteiger partial charge in [-0.25, -0.2) is 0 Å². The number of nitro groups is 1. The number of nitro benzene ring substituents is 1. The van der Waals surface area contributed by atoms with E-state index in [9.17, 15) is 14.9 Å². The van der Waals surface area contributed by atoms with Crippen molar-refractivity contribution in [3.05, 3.63) is 88.5 Å². The summed E-state index contributed by atoms with van der Waals surface area (Å²) in [6.45, 7) is 0.509. The summed E-state index contributed by atoms with van der Waals surface area (Å²) in [5.41, 5.74) is 3.80. The second-order valence-electron chi connectivity index (χ2n) is 6.61. The van der Waals surface area contributed by atoms with Crippen molar-refractivity contribution in [2.75, 3.05) is 23.4 Å². The van der Waals surface area contributed by atoms with Gasteiger partial charge in [0.25, 0.3) is 5.91 Å². The lowest BCUT2D eigenvalue weighted by atomic mass is 10.2. The van der Waals surface area contributed by atoms with Crippen LogP contribution in [-0.4, -0.2) is 24.0 Å². The summed E-state index contributed by atoms with van der Waals surface area (Å²) in [5.74, 6) is -0.322. The van der Waals surface area contributed by atoms with Crippen molar-refractivity contribution in [1.82, 2.24) is 0 Å². The highest BCUT2D eigenvalue weighted by atomic mass is 16.6. The van der Waals surface area contributed by atoms with E-state index in [2.05, 4.69) is 22.3 Å². The van der Waals surface area contributed by atoms with E-state index in [4.69, 9.17) is 4.74 Å². The maximum Gasteiger partial charge on any atom is 0.310 e. The zero-order valence-electron chi connectivity index (χ0n) is 15.6. The number of carbonyl (C=O) groups is 1. The highest BCUT2D eigenvalue weighted by Gasteiger charge is 2.22. The second kappa shape index (κ2) is 8.02. The first kappa shape index (κ1) is 18.5. The van der Waals surface area contributed by atoms with Crippen LogP contribution in [0.15, 0.2) is 72.8 Å². The Morgan fingerprint density at radius 3 is 2.52 bits per heavy atom. The van der Waals surface area contributed by atoms with Crippen molar-refractivity contribution >= 4 is 28.7 Å². The summed E-state index contributed by atoms with van der Waals surface area (Å²) in [6, 6.07) is 21.8. The van der Waals surface area contributed by atoms with Crippen LogP contribution in [0.3, 0.4) is 0 Å². The highest BCUT2D eigenvalue weighted by Crippen LogP contribution is 2.38. The lowest BCUT2D eigenvalue weighted by Gasteiger charge is -2.23. The van der Waals surface area contributed by atoms with Gasteiger partial charge in [-0.05, 0) is 36.2 Å². The molecule has 1 heterocycles. The molecule has 3 aromatic carbocycles. The number of nitrogens with zero attached hydrogens (tertiary/aromatic N) is 2. The molecule has 1 amide bonds. The van der Waals surface area contributed by atoms with Crippen molar-refractivity contribution < 1.29 is 14.5 Å². The smallest absolute Gasteiger partial charge is 0.310 e. The first-order valence-electron chi connectivity index (χ1n) is 9.24. The summed E-state index contributed by atoms with van der Waals surface area (Å²) < 4.78 is 5.39. The summed E-state index contributed by atoms with van der Waals surface area (Å²) in [6.07, 6.45) is 0.944. The monoisotopic (exact) mass is 389 g/mol. The minimum atomic E-state index is -0.534. The van der Waals surface area contributed by atoms with Crippen molar-refractivity contribution in [2.45, 2.75) is 6.42 Å². The number of benzene rings is 3. The highest BCUT2D eigenvalue weighted by molar-refractivity contribution is 5.96. The molecule has 0 fully saturated rings. The van der Waals surface area contributed by atoms with Crippen LogP contribution in [0.2, 0.25) is 0 Å². The first-order valence-corrected chi connectivity index (χ1v) is 9.24. The number of hydrogen-bond acceptors (Lipinski definition) is 5. The van der Waals surface area contributed by atoms with Crippen LogP contribution >= 0.6 is 0 Å². The normalized spacial score (nSPS) is 12.3. The fourth-order valence-electron chi connectivity index (χ4n) is 3.46. The Morgan fingerprint density at radius 2 is 1.69 bits per heavy atom. The van der Waals surface area contributed by atoms with Crippen LogP contribution in [0.1, 0.15) is 5.56 Å². The number of nitrogens with one attached hydrogen (secondary N) is 1. The van der Waals surface area contributed by atoms with Crippen LogP contribution in [0.4, 0.5) is 22.7 Å². The Labute approximate surface area is 167 Å². The van der Waals surface area contributed by atoms with E-state index in [0.717, 1.165) is 24.3 Å².